The highest BCUT2D eigenvalue weighted by Gasteiger charge is 2.32. The van der Waals surface area contributed by atoms with Crippen LogP contribution in [0, 0.1) is 11.6 Å². The number of halogens is 2. The second kappa shape index (κ2) is 8.95. The molecule has 2 aromatic rings. The van der Waals surface area contributed by atoms with Crippen LogP contribution in [0.4, 0.5) is 14.5 Å². The van der Waals surface area contributed by atoms with E-state index in [4.69, 9.17) is 0 Å². The van der Waals surface area contributed by atoms with E-state index in [0.717, 1.165) is 35.0 Å². The lowest BCUT2D eigenvalue weighted by Crippen LogP contribution is -2.50. The van der Waals surface area contributed by atoms with Gasteiger partial charge in [0.05, 0.1) is 0 Å². The van der Waals surface area contributed by atoms with Gasteiger partial charge >= 0.3 is 0 Å². The van der Waals surface area contributed by atoms with Gasteiger partial charge in [-0.25, -0.2) is 17.2 Å². The number of piperazine rings is 1. The monoisotopic (exact) mass is 463 g/mol. The quantitative estimate of drug-likeness (QED) is 0.699. The summed E-state index contributed by atoms with van der Waals surface area (Å²) in [6.07, 6.45) is 2.36. The number of carbonyl (C=O) groups excluding carboxylic acids is 2. The van der Waals surface area contributed by atoms with Crippen molar-refractivity contribution in [2.24, 2.45) is 0 Å². The topological polar surface area (TPSA) is 78.0 Å². The summed E-state index contributed by atoms with van der Waals surface area (Å²) in [5.41, 5.74) is 1.20. The molecule has 0 atom stereocenters. The number of benzene rings is 2. The van der Waals surface area contributed by atoms with Gasteiger partial charge in [-0.2, -0.15) is 4.31 Å². The highest BCUT2D eigenvalue weighted by molar-refractivity contribution is 7.89. The summed E-state index contributed by atoms with van der Waals surface area (Å²) in [7, 11) is -4.13. The minimum absolute atomic E-state index is 0.00521. The Labute approximate surface area is 185 Å². The molecule has 0 radical (unpaired) electrons. The first-order valence-corrected chi connectivity index (χ1v) is 11.9. The summed E-state index contributed by atoms with van der Waals surface area (Å²) >= 11 is 0. The zero-order valence-electron chi connectivity index (χ0n) is 17.3. The van der Waals surface area contributed by atoms with E-state index < -0.39 is 26.6 Å². The number of amides is 2. The third-order valence-corrected chi connectivity index (χ3v) is 7.72. The SMILES string of the molecule is O=C(c1ccc(N2CCCCC2=O)cc1)N1CCN(S(=O)(=O)c2ccc(F)cc2F)CC1. The van der Waals surface area contributed by atoms with Gasteiger partial charge < -0.3 is 9.80 Å². The van der Waals surface area contributed by atoms with Crippen molar-refractivity contribution in [3.8, 4) is 0 Å². The van der Waals surface area contributed by atoms with Gasteiger partial charge in [0.25, 0.3) is 5.91 Å². The summed E-state index contributed by atoms with van der Waals surface area (Å²) in [6.45, 7) is 0.966. The number of nitrogens with zero attached hydrogens (tertiary/aromatic N) is 3. The van der Waals surface area contributed by atoms with Crippen molar-refractivity contribution in [3.05, 3.63) is 59.7 Å². The molecule has 2 aliphatic heterocycles. The highest BCUT2D eigenvalue weighted by Crippen LogP contribution is 2.24. The Hall–Kier alpha value is -2.85. The van der Waals surface area contributed by atoms with Crippen molar-refractivity contribution in [2.45, 2.75) is 24.2 Å². The highest BCUT2D eigenvalue weighted by atomic mass is 32.2. The Kier molecular flexibility index (Phi) is 6.25. The van der Waals surface area contributed by atoms with Crippen LogP contribution in [0.5, 0.6) is 0 Å². The molecule has 4 rings (SSSR count). The first kappa shape index (κ1) is 22.3. The van der Waals surface area contributed by atoms with E-state index >= 15 is 0 Å². The molecule has 32 heavy (non-hydrogen) atoms. The van der Waals surface area contributed by atoms with Gasteiger partial charge in [-0.3, -0.25) is 9.59 Å². The molecule has 0 N–H and O–H groups in total. The zero-order chi connectivity index (χ0) is 22.9. The third-order valence-electron chi connectivity index (χ3n) is 5.79. The summed E-state index contributed by atoms with van der Waals surface area (Å²) in [5, 5.41) is 0. The molecule has 0 aromatic heterocycles. The maximum absolute atomic E-state index is 14.0. The van der Waals surface area contributed by atoms with Gasteiger partial charge in [0, 0.05) is 56.5 Å². The van der Waals surface area contributed by atoms with E-state index in [9.17, 15) is 26.8 Å². The lowest BCUT2D eigenvalue weighted by Gasteiger charge is -2.34. The number of rotatable bonds is 4. The van der Waals surface area contributed by atoms with Gasteiger partial charge in [0.15, 0.2) is 0 Å². The number of carbonyl (C=O) groups is 2. The molecular weight excluding hydrogens is 440 g/mol. The Bertz CT molecular complexity index is 1130. The van der Waals surface area contributed by atoms with E-state index in [0.29, 0.717) is 24.6 Å². The molecule has 2 aliphatic rings. The van der Waals surface area contributed by atoms with Gasteiger partial charge in [0.2, 0.25) is 15.9 Å². The van der Waals surface area contributed by atoms with E-state index in [1.807, 2.05) is 0 Å². The Balaban J connectivity index is 1.40. The average Bonchev–Trinajstić information content (AvgIpc) is 2.79. The number of sulfonamides is 1. The predicted molar refractivity (Wildman–Crippen MR) is 114 cm³/mol. The van der Waals surface area contributed by atoms with Crippen LogP contribution < -0.4 is 4.90 Å². The fraction of sp³-hybridized carbons (Fsp3) is 0.364. The second-order valence-corrected chi connectivity index (χ2v) is 9.73. The second-order valence-electron chi connectivity index (χ2n) is 7.82. The number of piperidine rings is 1. The molecular formula is C22H23F2N3O4S. The average molecular weight is 464 g/mol. The number of anilines is 1. The Morgan fingerprint density at radius 2 is 1.56 bits per heavy atom. The van der Waals surface area contributed by atoms with Crippen molar-refractivity contribution in [2.75, 3.05) is 37.6 Å². The zero-order valence-corrected chi connectivity index (χ0v) is 18.2. The standard InChI is InChI=1S/C22H23F2N3O4S/c23-17-6-9-20(19(24)15-17)32(30,31)26-13-11-25(12-14-26)22(29)16-4-7-18(8-5-16)27-10-2-1-3-21(27)28/h4-9,15H,1-3,10-14H2. The first-order chi connectivity index (χ1) is 15.3. The van der Waals surface area contributed by atoms with Crippen LogP contribution in [0.15, 0.2) is 47.4 Å². The molecule has 0 unspecified atom stereocenters. The minimum Gasteiger partial charge on any atom is -0.336 e. The van der Waals surface area contributed by atoms with Crippen LogP contribution in [0.25, 0.3) is 0 Å². The fourth-order valence-corrected chi connectivity index (χ4v) is 5.47. The van der Waals surface area contributed by atoms with Crippen molar-refractivity contribution < 1.29 is 26.8 Å². The summed E-state index contributed by atoms with van der Waals surface area (Å²) in [6, 6.07) is 9.16. The molecule has 0 saturated carbocycles. The van der Waals surface area contributed by atoms with Gasteiger partial charge in [-0.15, -0.1) is 0 Å². The molecule has 0 bridgehead atoms. The lowest BCUT2D eigenvalue weighted by molar-refractivity contribution is -0.119. The molecule has 2 amide bonds. The lowest BCUT2D eigenvalue weighted by atomic mass is 10.1. The predicted octanol–water partition coefficient (Wildman–Crippen LogP) is 2.63. The van der Waals surface area contributed by atoms with Crippen molar-refractivity contribution in [1.82, 2.24) is 9.21 Å². The maximum Gasteiger partial charge on any atom is 0.253 e. The van der Waals surface area contributed by atoms with Crippen molar-refractivity contribution >= 4 is 27.5 Å². The van der Waals surface area contributed by atoms with Crippen molar-refractivity contribution in [1.29, 1.82) is 0 Å². The summed E-state index contributed by atoms with van der Waals surface area (Å²) in [4.78, 5) is 27.6. The molecule has 170 valence electrons. The van der Waals surface area contributed by atoms with E-state index in [-0.39, 0.29) is 38.0 Å². The van der Waals surface area contributed by atoms with Crippen LogP contribution in [0.2, 0.25) is 0 Å². The number of hydrogen-bond donors (Lipinski definition) is 0. The van der Waals surface area contributed by atoms with Crippen LogP contribution in [-0.2, 0) is 14.8 Å². The molecule has 0 aliphatic carbocycles. The van der Waals surface area contributed by atoms with E-state index in [1.165, 1.54) is 4.90 Å². The number of hydrogen-bond acceptors (Lipinski definition) is 4. The molecule has 2 saturated heterocycles. The molecule has 2 aromatic carbocycles. The smallest absolute Gasteiger partial charge is 0.253 e. The molecule has 7 nitrogen and oxygen atoms in total. The third kappa shape index (κ3) is 4.37. The van der Waals surface area contributed by atoms with Crippen LogP contribution in [0.3, 0.4) is 0 Å². The van der Waals surface area contributed by atoms with Gasteiger partial charge in [0.1, 0.15) is 16.5 Å². The summed E-state index contributed by atoms with van der Waals surface area (Å²) in [5.74, 6) is -2.17. The van der Waals surface area contributed by atoms with Gasteiger partial charge in [-0.1, -0.05) is 0 Å². The Morgan fingerprint density at radius 1 is 0.875 bits per heavy atom. The minimum atomic E-state index is -4.13. The largest absolute Gasteiger partial charge is 0.336 e. The fourth-order valence-electron chi connectivity index (χ4n) is 4.00. The Morgan fingerprint density at radius 3 is 2.19 bits per heavy atom. The van der Waals surface area contributed by atoms with Gasteiger partial charge in [-0.05, 0) is 49.2 Å². The van der Waals surface area contributed by atoms with Crippen molar-refractivity contribution in [3.63, 3.8) is 0 Å². The summed E-state index contributed by atoms with van der Waals surface area (Å²) < 4.78 is 53.6. The maximum atomic E-state index is 14.0. The van der Waals surface area contributed by atoms with Crippen LogP contribution >= 0.6 is 0 Å². The molecule has 0 spiro atoms. The van der Waals surface area contributed by atoms with Crippen LogP contribution in [-0.4, -0.2) is 62.2 Å². The molecule has 2 fully saturated rings. The van der Waals surface area contributed by atoms with E-state index in [1.54, 1.807) is 29.2 Å². The molecule has 10 heteroatoms. The molecule has 2 heterocycles. The first-order valence-electron chi connectivity index (χ1n) is 10.4. The van der Waals surface area contributed by atoms with E-state index in [2.05, 4.69) is 0 Å². The normalized spacial score (nSPS) is 18.1. The van der Waals surface area contributed by atoms with Crippen LogP contribution in [0.1, 0.15) is 29.6 Å².